The van der Waals surface area contributed by atoms with Crippen LogP contribution in [0.5, 0.6) is 0 Å². The van der Waals surface area contributed by atoms with Crippen molar-refractivity contribution >= 4 is 29.3 Å². The Kier molecular flexibility index (Phi) is 7.71. The second-order valence-corrected chi connectivity index (χ2v) is 15.4. The van der Waals surface area contributed by atoms with Crippen LogP contribution in [0.15, 0.2) is 54.9 Å². The number of benzene rings is 2. The van der Waals surface area contributed by atoms with E-state index in [1.165, 1.54) is 31.2 Å². The highest BCUT2D eigenvalue weighted by atomic mass is 31.2. The third-order valence-corrected chi connectivity index (χ3v) is 9.43. The molecule has 2 N–H and O–H groups in total. The zero-order chi connectivity index (χ0) is 30.4. The van der Waals surface area contributed by atoms with Crippen LogP contribution in [0.2, 0.25) is 0 Å². The van der Waals surface area contributed by atoms with Crippen LogP contribution in [-0.4, -0.2) is 52.3 Å². The molecule has 0 spiro atoms. The predicted octanol–water partition coefficient (Wildman–Crippen LogP) is 7.04. The van der Waals surface area contributed by atoms with E-state index in [0.717, 1.165) is 19.2 Å². The van der Waals surface area contributed by atoms with Crippen molar-refractivity contribution < 1.29 is 17.7 Å². The van der Waals surface area contributed by atoms with Crippen molar-refractivity contribution in [1.29, 1.82) is 5.26 Å². The van der Waals surface area contributed by atoms with Gasteiger partial charge >= 0.3 is 6.18 Å². The predicted molar refractivity (Wildman–Crippen MR) is 160 cm³/mol. The minimum atomic E-state index is -4.70. The van der Waals surface area contributed by atoms with Crippen molar-refractivity contribution in [2.24, 2.45) is 5.41 Å². The standard InChI is InChI=1S/C31H34F3N6OP/c1-19(20-9-7-6-8-10-20)40-17-22(13-30(2,3)18-40)38-29-37-16-25(31(32,33)34)26(39-29)24-15-36-27-23(24)12-11-21(14-35)28(27)42(4,5)41/h6-12,15-16,19,22,36H,13,17-18H2,1-5H3,(H,37,38,39)/t19?,22-/m0/s1. The summed E-state index contributed by atoms with van der Waals surface area (Å²) in [6.45, 7) is 11.1. The highest BCUT2D eigenvalue weighted by molar-refractivity contribution is 7.70. The zero-order valence-electron chi connectivity index (χ0n) is 24.3. The first-order valence-electron chi connectivity index (χ1n) is 13.8. The van der Waals surface area contributed by atoms with Crippen LogP contribution in [-0.2, 0) is 10.7 Å². The van der Waals surface area contributed by atoms with Crippen LogP contribution in [0.4, 0.5) is 19.1 Å². The SMILES string of the molecule is CC(c1ccccc1)N1C[C@@H](Nc2ncc(C(F)(F)F)c(-c3c[nH]c4c(P(C)(C)=O)c(C#N)ccc34)n2)CC(C)(C)C1. The number of nitrogens with zero attached hydrogens (tertiary/aromatic N) is 4. The second kappa shape index (κ2) is 10.9. The van der Waals surface area contributed by atoms with E-state index < -0.39 is 18.9 Å². The summed E-state index contributed by atoms with van der Waals surface area (Å²) in [6.07, 6.45) is -1.66. The second-order valence-electron chi connectivity index (χ2n) is 12.2. The molecule has 1 unspecified atom stereocenters. The number of anilines is 1. The maximum absolute atomic E-state index is 14.2. The number of nitrogens with one attached hydrogen (secondary N) is 2. The van der Waals surface area contributed by atoms with Gasteiger partial charge in [-0.1, -0.05) is 50.2 Å². The topological polar surface area (TPSA) is 97.7 Å². The Morgan fingerprint density at radius 2 is 1.90 bits per heavy atom. The fourth-order valence-electron chi connectivity index (χ4n) is 6.10. The molecule has 2 atom stereocenters. The van der Waals surface area contributed by atoms with Crippen molar-refractivity contribution in [1.82, 2.24) is 19.9 Å². The van der Waals surface area contributed by atoms with Crippen LogP contribution in [0.25, 0.3) is 22.2 Å². The molecule has 0 bridgehead atoms. The van der Waals surface area contributed by atoms with Gasteiger partial charge in [0.25, 0.3) is 0 Å². The first-order chi connectivity index (χ1) is 19.7. The van der Waals surface area contributed by atoms with Gasteiger partial charge in [-0.05, 0) is 43.7 Å². The van der Waals surface area contributed by atoms with E-state index in [9.17, 15) is 23.0 Å². The van der Waals surface area contributed by atoms with Gasteiger partial charge in [0, 0.05) is 48.5 Å². The Bertz CT molecular complexity index is 1700. The summed E-state index contributed by atoms with van der Waals surface area (Å²) in [5, 5.41) is 13.6. The van der Waals surface area contributed by atoms with Crippen LogP contribution in [0, 0.1) is 16.7 Å². The molecule has 7 nitrogen and oxygen atoms in total. The van der Waals surface area contributed by atoms with E-state index in [1.54, 1.807) is 6.07 Å². The number of hydrogen-bond acceptors (Lipinski definition) is 6. The average Bonchev–Trinajstić information content (AvgIpc) is 3.34. The number of aromatic amines is 1. The van der Waals surface area contributed by atoms with Gasteiger partial charge in [0.05, 0.1) is 28.1 Å². The van der Waals surface area contributed by atoms with Crippen LogP contribution < -0.4 is 10.6 Å². The third-order valence-electron chi connectivity index (χ3n) is 7.89. The summed E-state index contributed by atoms with van der Waals surface area (Å²) in [7, 11) is -2.95. The largest absolute Gasteiger partial charge is 0.419 e. The molecule has 1 aliphatic heterocycles. The van der Waals surface area contributed by atoms with Crippen molar-refractivity contribution in [3.05, 3.63) is 71.5 Å². The zero-order valence-corrected chi connectivity index (χ0v) is 25.1. The molecule has 0 aliphatic carbocycles. The lowest BCUT2D eigenvalue weighted by Gasteiger charge is -2.45. The molecule has 3 heterocycles. The third kappa shape index (κ3) is 5.95. The molecule has 2 aromatic heterocycles. The van der Waals surface area contributed by atoms with Gasteiger partial charge in [-0.25, -0.2) is 9.97 Å². The lowest BCUT2D eigenvalue weighted by Crippen LogP contribution is -2.50. The fourth-order valence-corrected chi connectivity index (χ4v) is 7.53. The monoisotopic (exact) mass is 594 g/mol. The summed E-state index contributed by atoms with van der Waals surface area (Å²) in [6, 6.07) is 15.4. The number of alkyl halides is 3. The molecule has 0 amide bonds. The maximum atomic E-state index is 14.2. The Morgan fingerprint density at radius 1 is 1.19 bits per heavy atom. The van der Waals surface area contributed by atoms with Gasteiger partial charge in [0.2, 0.25) is 5.95 Å². The maximum Gasteiger partial charge on any atom is 0.419 e. The Labute approximate surface area is 243 Å². The summed E-state index contributed by atoms with van der Waals surface area (Å²) in [4.78, 5) is 13.9. The normalized spacial score (nSPS) is 18.5. The minimum Gasteiger partial charge on any atom is -0.360 e. The lowest BCUT2D eigenvalue weighted by atomic mass is 9.80. The summed E-state index contributed by atoms with van der Waals surface area (Å²) in [5.41, 5.74) is 0.688. The van der Waals surface area contributed by atoms with Gasteiger partial charge in [0.1, 0.15) is 12.7 Å². The van der Waals surface area contributed by atoms with Gasteiger partial charge in [-0.15, -0.1) is 0 Å². The quantitative estimate of drug-likeness (QED) is 0.233. The Morgan fingerprint density at radius 3 is 2.55 bits per heavy atom. The highest BCUT2D eigenvalue weighted by Gasteiger charge is 2.38. The van der Waals surface area contributed by atoms with Gasteiger partial charge in [-0.3, -0.25) is 4.90 Å². The van der Waals surface area contributed by atoms with Gasteiger partial charge in [-0.2, -0.15) is 18.4 Å². The van der Waals surface area contributed by atoms with E-state index >= 15 is 0 Å². The molecule has 0 saturated carbocycles. The molecule has 5 rings (SSSR count). The molecular weight excluding hydrogens is 560 g/mol. The molecule has 11 heteroatoms. The van der Waals surface area contributed by atoms with E-state index in [1.807, 2.05) is 18.2 Å². The van der Waals surface area contributed by atoms with E-state index in [4.69, 9.17) is 0 Å². The van der Waals surface area contributed by atoms with Crippen LogP contribution in [0.3, 0.4) is 0 Å². The van der Waals surface area contributed by atoms with Gasteiger partial charge in [0.15, 0.2) is 0 Å². The van der Waals surface area contributed by atoms with Crippen molar-refractivity contribution in [2.45, 2.75) is 45.5 Å². The fraction of sp³-hybridized carbons (Fsp3) is 0.387. The minimum absolute atomic E-state index is 0.0480. The molecule has 2 aromatic carbocycles. The number of fused-ring (bicyclic) bond motifs is 1. The smallest absolute Gasteiger partial charge is 0.360 e. The number of likely N-dealkylation sites (tertiary alicyclic amines) is 1. The first-order valence-corrected chi connectivity index (χ1v) is 16.4. The summed E-state index contributed by atoms with van der Waals surface area (Å²) in [5.74, 6) is 0.105. The molecule has 220 valence electrons. The van der Waals surface area contributed by atoms with Crippen molar-refractivity contribution in [3.8, 4) is 17.3 Å². The number of rotatable bonds is 6. The molecule has 1 saturated heterocycles. The van der Waals surface area contributed by atoms with Crippen LogP contribution >= 0.6 is 7.14 Å². The molecular formula is C31H34F3N6OP. The van der Waals surface area contributed by atoms with Crippen LogP contribution in [0.1, 0.15) is 49.9 Å². The van der Waals surface area contributed by atoms with Crippen molar-refractivity contribution in [2.75, 3.05) is 31.7 Å². The number of piperidine rings is 1. The van der Waals surface area contributed by atoms with E-state index in [2.05, 4.69) is 64.1 Å². The molecule has 4 aromatic rings. The molecule has 1 fully saturated rings. The number of halogens is 3. The molecule has 42 heavy (non-hydrogen) atoms. The Balaban J connectivity index is 1.54. The first kappa shape index (κ1) is 29.8. The average molecular weight is 595 g/mol. The van der Waals surface area contributed by atoms with Crippen molar-refractivity contribution in [3.63, 3.8) is 0 Å². The summed E-state index contributed by atoms with van der Waals surface area (Å²) < 4.78 is 55.7. The summed E-state index contributed by atoms with van der Waals surface area (Å²) >= 11 is 0. The highest BCUT2D eigenvalue weighted by Crippen LogP contribution is 2.43. The lowest BCUT2D eigenvalue weighted by molar-refractivity contribution is -0.137. The van der Waals surface area contributed by atoms with Gasteiger partial charge < -0.3 is 14.9 Å². The Hall–Kier alpha value is -3.67. The van der Waals surface area contributed by atoms with E-state index in [0.29, 0.717) is 22.8 Å². The number of aromatic nitrogens is 3. The molecule has 1 aliphatic rings. The number of hydrogen-bond donors (Lipinski definition) is 2. The van der Waals surface area contributed by atoms with E-state index in [-0.39, 0.29) is 40.3 Å². The number of nitriles is 1. The number of H-pyrrole nitrogens is 1. The molecule has 0 radical (unpaired) electrons.